The van der Waals surface area contributed by atoms with Crippen molar-refractivity contribution in [1.29, 1.82) is 0 Å². The van der Waals surface area contributed by atoms with E-state index in [1.807, 2.05) is 6.92 Å². The smallest absolute Gasteiger partial charge is 0.321 e. The monoisotopic (exact) mass is 321 g/mol. The number of anilines is 1. The number of piperidine rings is 1. The topological polar surface area (TPSA) is 80.8 Å². The van der Waals surface area contributed by atoms with Crippen LogP contribution >= 0.6 is 0 Å². The molecule has 1 N–H and O–H groups in total. The lowest BCUT2D eigenvalue weighted by Gasteiger charge is -2.31. The molecule has 7 nitrogen and oxygen atoms in total. The molecule has 23 heavy (non-hydrogen) atoms. The maximum absolute atomic E-state index is 12.3. The fourth-order valence-electron chi connectivity index (χ4n) is 2.51. The average molecular weight is 321 g/mol. The van der Waals surface area contributed by atoms with E-state index in [2.05, 4.69) is 10.3 Å². The molecule has 0 aromatic carbocycles. The third-order valence-corrected chi connectivity index (χ3v) is 3.70. The van der Waals surface area contributed by atoms with Crippen LogP contribution in [0.15, 0.2) is 18.3 Å². The number of rotatable bonds is 5. The Labute approximate surface area is 136 Å². The predicted molar refractivity (Wildman–Crippen MR) is 85.4 cm³/mol. The summed E-state index contributed by atoms with van der Waals surface area (Å²) in [6.07, 6.45) is 2.86. The number of hydrogen-bond acceptors (Lipinski definition) is 5. The van der Waals surface area contributed by atoms with Crippen LogP contribution in [0, 0.1) is 5.92 Å². The quantitative estimate of drug-likeness (QED) is 0.842. The molecule has 2 heterocycles. The Kier molecular flexibility index (Phi) is 6.19. The van der Waals surface area contributed by atoms with Crippen molar-refractivity contribution in [2.24, 2.45) is 5.92 Å². The lowest BCUT2D eigenvalue weighted by molar-refractivity contribution is -0.149. The second-order valence-corrected chi connectivity index (χ2v) is 5.23. The second kappa shape index (κ2) is 8.36. The normalized spacial score (nSPS) is 15.1. The van der Waals surface area contributed by atoms with Gasteiger partial charge in [0.25, 0.3) is 0 Å². The van der Waals surface area contributed by atoms with Crippen molar-refractivity contribution in [3.63, 3.8) is 0 Å². The highest BCUT2D eigenvalue weighted by molar-refractivity contribution is 5.90. The Morgan fingerprint density at radius 2 is 2.04 bits per heavy atom. The van der Waals surface area contributed by atoms with Crippen LogP contribution in [-0.2, 0) is 9.53 Å². The number of amides is 2. The highest BCUT2D eigenvalue weighted by Gasteiger charge is 2.28. The highest BCUT2D eigenvalue weighted by Crippen LogP contribution is 2.23. The Hall–Kier alpha value is -2.31. The molecule has 1 saturated heterocycles. The molecular formula is C16H23N3O4. The zero-order valence-corrected chi connectivity index (χ0v) is 13.6. The number of ether oxygens (including phenoxy) is 2. The lowest BCUT2D eigenvalue weighted by Crippen LogP contribution is -2.42. The van der Waals surface area contributed by atoms with Crippen LogP contribution in [0.4, 0.5) is 10.5 Å². The number of hydrogen-bond donors (Lipinski definition) is 1. The summed E-state index contributed by atoms with van der Waals surface area (Å²) in [7, 11) is 0. The number of urea groups is 1. The standard InChI is InChI=1S/C16H23N3O4/c1-3-22-14-13(6-5-9-17-14)18-16(21)19-10-7-12(8-11-19)15(20)23-4-2/h5-6,9,12H,3-4,7-8,10-11H2,1-2H3,(H,18,21). The van der Waals surface area contributed by atoms with Crippen molar-refractivity contribution < 1.29 is 19.1 Å². The summed E-state index contributed by atoms with van der Waals surface area (Å²) in [4.78, 5) is 29.9. The van der Waals surface area contributed by atoms with Crippen molar-refractivity contribution in [2.45, 2.75) is 26.7 Å². The third-order valence-electron chi connectivity index (χ3n) is 3.70. The number of nitrogens with zero attached hydrogens (tertiary/aromatic N) is 2. The maximum atomic E-state index is 12.3. The minimum atomic E-state index is -0.207. The first-order valence-electron chi connectivity index (χ1n) is 7.96. The number of likely N-dealkylation sites (tertiary alicyclic amines) is 1. The molecule has 7 heteroatoms. The molecule has 0 saturated carbocycles. The average Bonchev–Trinajstić information content (AvgIpc) is 2.57. The van der Waals surface area contributed by atoms with Crippen LogP contribution in [0.2, 0.25) is 0 Å². The molecule has 0 bridgehead atoms. The van der Waals surface area contributed by atoms with Gasteiger partial charge in [0.2, 0.25) is 5.88 Å². The van der Waals surface area contributed by atoms with E-state index in [0.29, 0.717) is 50.7 Å². The Morgan fingerprint density at radius 3 is 2.70 bits per heavy atom. The maximum Gasteiger partial charge on any atom is 0.321 e. The fourth-order valence-corrected chi connectivity index (χ4v) is 2.51. The highest BCUT2D eigenvalue weighted by atomic mass is 16.5. The molecule has 1 aromatic rings. The van der Waals surface area contributed by atoms with E-state index in [4.69, 9.17) is 9.47 Å². The summed E-state index contributed by atoms with van der Waals surface area (Å²) in [6.45, 7) is 5.58. The van der Waals surface area contributed by atoms with Crippen molar-refractivity contribution in [2.75, 3.05) is 31.6 Å². The van der Waals surface area contributed by atoms with Gasteiger partial charge in [-0.2, -0.15) is 0 Å². The van der Waals surface area contributed by atoms with E-state index < -0.39 is 0 Å². The molecule has 0 radical (unpaired) electrons. The Morgan fingerprint density at radius 1 is 1.30 bits per heavy atom. The molecule has 126 valence electrons. The van der Waals surface area contributed by atoms with Crippen molar-refractivity contribution in [3.05, 3.63) is 18.3 Å². The first kappa shape index (κ1) is 17.1. The fraction of sp³-hybridized carbons (Fsp3) is 0.562. The van der Waals surface area contributed by atoms with E-state index in [0.717, 1.165) is 0 Å². The largest absolute Gasteiger partial charge is 0.476 e. The molecule has 2 rings (SSSR count). The lowest BCUT2D eigenvalue weighted by atomic mass is 9.97. The van der Waals surface area contributed by atoms with Gasteiger partial charge >= 0.3 is 12.0 Å². The van der Waals surface area contributed by atoms with Crippen molar-refractivity contribution in [3.8, 4) is 5.88 Å². The molecule has 1 fully saturated rings. The third kappa shape index (κ3) is 4.58. The van der Waals surface area contributed by atoms with Gasteiger partial charge in [-0.3, -0.25) is 4.79 Å². The molecule has 0 aliphatic carbocycles. The number of nitrogens with one attached hydrogen (secondary N) is 1. The van der Waals surface area contributed by atoms with Gasteiger partial charge in [0.1, 0.15) is 5.69 Å². The minimum absolute atomic E-state index is 0.114. The predicted octanol–water partition coefficient (Wildman–Crippen LogP) is 2.29. The van der Waals surface area contributed by atoms with E-state index >= 15 is 0 Å². The summed E-state index contributed by atoms with van der Waals surface area (Å²) < 4.78 is 10.4. The van der Waals surface area contributed by atoms with Gasteiger partial charge in [-0.05, 0) is 38.8 Å². The van der Waals surface area contributed by atoms with Crippen LogP contribution < -0.4 is 10.1 Å². The molecule has 1 aliphatic rings. The van der Waals surface area contributed by atoms with Gasteiger partial charge in [0.05, 0.1) is 19.1 Å². The second-order valence-electron chi connectivity index (χ2n) is 5.23. The van der Waals surface area contributed by atoms with Crippen molar-refractivity contribution in [1.82, 2.24) is 9.88 Å². The molecule has 0 atom stereocenters. The van der Waals surface area contributed by atoms with Gasteiger partial charge in [-0.25, -0.2) is 9.78 Å². The van der Waals surface area contributed by atoms with Gasteiger partial charge in [0.15, 0.2) is 0 Å². The molecule has 1 aliphatic heterocycles. The van der Waals surface area contributed by atoms with E-state index in [9.17, 15) is 9.59 Å². The summed E-state index contributed by atoms with van der Waals surface area (Å²) in [6, 6.07) is 3.29. The molecule has 1 aromatic heterocycles. The van der Waals surface area contributed by atoms with Gasteiger partial charge < -0.3 is 19.7 Å². The summed E-state index contributed by atoms with van der Waals surface area (Å²) in [5, 5.41) is 2.82. The minimum Gasteiger partial charge on any atom is -0.476 e. The van der Waals surface area contributed by atoms with Gasteiger partial charge in [0, 0.05) is 19.3 Å². The van der Waals surface area contributed by atoms with E-state index in [-0.39, 0.29) is 17.9 Å². The molecule has 0 spiro atoms. The van der Waals surface area contributed by atoms with Gasteiger partial charge in [-0.1, -0.05) is 0 Å². The van der Waals surface area contributed by atoms with Crippen LogP contribution in [0.1, 0.15) is 26.7 Å². The van der Waals surface area contributed by atoms with Crippen LogP contribution in [0.5, 0.6) is 5.88 Å². The number of esters is 1. The number of aromatic nitrogens is 1. The number of carbonyl (C=O) groups is 2. The zero-order valence-electron chi connectivity index (χ0n) is 13.6. The zero-order chi connectivity index (χ0) is 16.7. The first-order chi connectivity index (χ1) is 11.2. The molecular weight excluding hydrogens is 298 g/mol. The van der Waals surface area contributed by atoms with Crippen LogP contribution in [0.25, 0.3) is 0 Å². The van der Waals surface area contributed by atoms with Crippen LogP contribution in [-0.4, -0.2) is 48.2 Å². The summed E-state index contributed by atoms with van der Waals surface area (Å²) in [5.41, 5.74) is 0.548. The molecule has 2 amide bonds. The van der Waals surface area contributed by atoms with E-state index in [1.165, 1.54) is 0 Å². The van der Waals surface area contributed by atoms with Gasteiger partial charge in [-0.15, -0.1) is 0 Å². The van der Waals surface area contributed by atoms with E-state index in [1.54, 1.807) is 30.2 Å². The molecule has 0 unspecified atom stereocenters. The Bertz CT molecular complexity index is 542. The number of carbonyl (C=O) groups excluding carboxylic acids is 2. The van der Waals surface area contributed by atoms with Crippen molar-refractivity contribution >= 4 is 17.7 Å². The van der Waals surface area contributed by atoms with Crippen LogP contribution in [0.3, 0.4) is 0 Å². The summed E-state index contributed by atoms with van der Waals surface area (Å²) in [5.74, 6) is 0.125. The Balaban J connectivity index is 1.89. The number of pyridine rings is 1. The summed E-state index contributed by atoms with van der Waals surface area (Å²) >= 11 is 0. The first-order valence-corrected chi connectivity index (χ1v) is 7.96. The SMILES string of the molecule is CCOC(=O)C1CCN(C(=O)Nc2cccnc2OCC)CC1.